The summed E-state index contributed by atoms with van der Waals surface area (Å²) < 4.78 is 0. The molecule has 0 aliphatic carbocycles. The first-order chi connectivity index (χ1) is 6.00. The van der Waals surface area contributed by atoms with Gasteiger partial charge in [0, 0.05) is 5.02 Å². The number of halogens is 2. The summed E-state index contributed by atoms with van der Waals surface area (Å²) in [4.78, 5) is 0. The van der Waals surface area contributed by atoms with Crippen LogP contribution in [0, 0.1) is 12.3 Å². The molecule has 0 fully saturated rings. The molecule has 0 radical (unpaired) electrons. The van der Waals surface area contributed by atoms with Crippen LogP contribution >= 0.6 is 23.2 Å². The van der Waals surface area contributed by atoms with Crippen molar-refractivity contribution in [3.8, 4) is 0 Å². The molecule has 0 saturated heterocycles. The Morgan fingerprint density at radius 3 is 2.54 bits per heavy atom. The average Bonchev–Trinajstić information content (AvgIpc) is 1.96. The lowest BCUT2D eigenvalue weighted by Gasteiger charge is -2.09. The molecule has 0 aromatic heterocycles. The van der Waals surface area contributed by atoms with E-state index in [-0.39, 0.29) is 5.96 Å². The van der Waals surface area contributed by atoms with E-state index >= 15 is 0 Å². The molecule has 3 nitrogen and oxygen atoms in total. The number of guanidine groups is 1. The van der Waals surface area contributed by atoms with Crippen LogP contribution in [-0.2, 0) is 0 Å². The van der Waals surface area contributed by atoms with Gasteiger partial charge in [0.05, 0.1) is 10.7 Å². The molecule has 0 unspecified atom stereocenters. The summed E-state index contributed by atoms with van der Waals surface area (Å²) in [5.41, 5.74) is 6.66. The van der Waals surface area contributed by atoms with Crippen molar-refractivity contribution in [2.24, 2.45) is 5.73 Å². The van der Waals surface area contributed by atoms with Crippen LogP contribution in [0.1, 0.15) is 5.56 Å². The fourth-order valence-electron chi connectivity index (χ4n) is 0.995. The highest BCUT2D eigenvalue weighted by Crippen LogP contribution is 2.29. The summed E-state index contributed by atoms with van der Waals surface area (Å²) in [6, 6.07) is 3.35. The van der Waals surface area contributed by atoms with E-state index in [4.69, 9.17) is 34.3 Å². The number of rotatable bonds is 1. The second-order valence-electron chi connectivity index (χ2n) is 2.62. The van der Waals surface area contributed by atoms with Gasteiger partial charge >= 0.3 is 0 Å². The largest absolute Gasteiger partial charge is 0.370 e. The molecule has 0 aliphatic rings. The molecule has 0 atom stereocenters. The van der Waals surface area contributed by atoms with E-state index < -0.39 is 0 Å². The zero-order valence-electron chi connectivity index (χ0n) is 6.99. The molecule has 70 valence electrons. The first-order valence-electron chi connectivity index (χ1n) is 3.57. The summed E-state index contributed by atoms with van der Waals surface area (Å²) >= 11 is 11.6. The second kappa shape index (κ2) is 3.85. The maximum atomic E-state index is 7.05. The monoisotopic (exact) mass is 217 g/mol. The maximum Gasteiger partial charge on any atom is 0.190 e. The van der Waals surface area contributed by atoms with Crippen molar-refractivity contribution in [2.75, 3.05) is 5.32 Å². The molecule has 1 aromatic rings. The van der Waals surface area contributed by atoms with E-state index in [0.29, 0.717) is 15.7 Å². The van der Waals surface area contributed by atoms with Gasteiger partial charge in [-0.1, -0.05) is 23.2 Å². The molecule has 0 amide bonds. The molecule has 0 heterocycles. The van der Waals surface area contributed by atoms with Gasteiger partial charge in [-0.3, -0.25) is 5.41 Å². The van der Waals surface area contributed by atoms with Crippen molar-refractivity contribution in [3.63, 3.8) is 0 Å². The Balaban J connectivity index is 3.13. The lowest BCUT2D eigenvalue weighted by molar-refractivity contribution is 1.38. The molecular weight excluding hydrogens is 209 g/mol. The normalized spacial score (nSPS) is 9.77. The van der Waals surface area contributed by atoms with Crippen molar-refractivity contribution >= 4 is 34.8 Å². The van der Waals surface area contributed by atoms with Crippen LogP contribution in [0.5, 0.6) is 0 Å². The van der Waals surface area contributed by atoms with Gasteiger partial charge in [-0.25, -0.2) is 0 Å². The van der Waals surface area contributed by atoms with Crippen LogP contribution in [0.4, 0.5) is 5.69 Å². The van der Waals surface area contributed by atoms with Crippen molar-refractivity contribution in [1.29, 1.82) is 5.41 Å². The topological polar surface area (TPSA) is 61.9 Å². The number of aryl methyl sites for hydroxylation is 1. The molecular formula is C8H9Cl2N3. The van der Waals surface area contributed by atoms with Crippen LogP contribution in [0.2, 0.25) is 10.0 Å². The maximum absolute atomic E-state index is 7.05. The Morgan fingerprint density at radius 2 is 2.08 bits per heavy atom. The predicted octanol–water partition coefficient (Wildman–Crippen LogP) is 2.61. The Morgan fingerprint density at radius 1 is 1.46 bits per heavy atom. The Labute approximate surface area is 86.3 Å². The Bertz CT molecular complexity index is 326. The minimum absolute atomic E-state index is 0.146. The molecule has 4 N–H and O–H groups in total. The molecule has 13 heavy (non-hydrogen) atoms. The number of nitrogens with one attached hydrogen (secondary N) is 2. The van der Waals surface area contributed by atoms with Gasteiger partial charge in [0.25, 0.3) is 0 Å². The molecule has 0 bridgehead atoms. The van der Waals surface area contributed by atoms with Gasteiger partial charge in [-0.15, -0.1) is 0 Å². The van der Waals surface area contributed by atoms with Crippen LogP contribution in [0.3, 0.4) is 0 Å². The standard InChI is InChI=1S/C8H9Cl2N3/c1-4-2-5(9)3-6(10)7(4)13-8(11)12/h2-3H,1H3,(H4,11,12,13). The number of anilines is 1. The predicted molar refractivity (Wildman–Crippen MR) is 56.7 cm³/mol. The smallest absolute Gasteiger partial charge is 0.190 e. The fourth-order valence-corrected chi connectivity index (χ4v) is 1.64. The van der Waals surface area contributed by atoms with E-state index in [1.165, 1.54) is 0 Å². The highest BCUT2D eigenvalue weighted by atomic mass is 35.5. The van der Waals surface area contributed by atoms with Gasteiger partial charge in [0.1, 0.15) is 0 Å². The zero-order valence-corrected chi connectivity index (χ0v) is 8.50. The molecule has 0 spiro atoms. The fraction of sp³-hybridized carbons (Fsp3) is 0.125. The SMILES string of the molecule is Cc1cc(Cl)cc(Cl)c1NC(=N)N. The van der Waals surface area contributed by atoms with Crippen LogP contribution in [0.15, 0.2) is 12.1 Å². The Hall–Kier alpha value is -0.930. The van der Waals surface area contributed by atoms with Crippen molar-refractivity contribution < 1.29 is 0 Å². The summed E-state index contributed by atoms with van der Waals surface area (Å²) in [5.74, 6) is -0.146. The summed E-state index contributed by atoms with van der Waals surface area (Å²) in [7, 11) is 0. The molecule has 0 saturated carbocycles. The minimum Gasteiger partial charge on any atom is -0.370 e. The van der Waals surface area contributed by atoms with Crippen LogP contribution in [-0.4, -0.2) is 5.96 Å². The third-order valence-electron chi connectivity index (χ3n) is 1.51. The van der Waals surface area contributed by atoms with Crippen molar-refractivity contribution in [1.82, 2.24) is 0 Å². The lowest BCUT2D eigenvalue weighted by Crippen LogP contribution is -2.21. The number of nitrogens with two attached hydrogens (primary N) is 1. The number of hydrogen-bond acceptors (Lipinski definition) is 1. The lowest BCUT2D eigenvalue weighted by atomic mass is 10.2. The van der Waals surface area contributed by atoms with Gasteiger partial charge in [0.15, 0.2) is 5.96 Å². The molecule has 0 aliphatic heterocycles. The van der Waals surface area contributed by atoms with Gasteiger partial charge in [-0.05, 0) is 24.6 Å². The van der Waals surface area contributed by atoms with Crippen LogP contribution < -0.4 is 11.1 Å². The molecule has 1 aromatic carbocycles. The number of hydrogen-bond donors (Lipinski definition) is 3. The third-order valence-corrected chi connectivity index (χ3v) is 2.03. The van der Waals surface area contributed by atoms with Crippen molar-refractivity contribution in [2.45, 2.75) is 6.92 Å². The van der Waals surface area contributed by atoms with Crippen LogP contribution in [0.25, 0.3) is 0 Å². The Kier molecular flexibility index (Phi) is 3.01. The van der Waals surface area contributed by atoms with E-state index in [0.717, 1.165) is 5.56 Å². The summed E-state index contributed by atoms with van der Waals surface area (Å²) in [5, 5.41) is 10.7. The third kappa shape index (κ3) is 2.50. The van der Waals surface area contributed by atoms with Gasteiger partial charge in [-0.2, -0.15) is 0 Å². The van der Waals surface area contributed by atoms with Gasteiger partial charge < -0.3 is 11.1 Å². The van der Waals surface area contributed by atoms with E-state index in [9.17, 15) is 0 Å². The van der Waals surface area contributed by atoms with Crippen molar-refractivity contribution in [3.05, 3.63) is 27.7 Å². The van der Waals surface area contributed by atoms with E-state index in [2.05, 4.69) is 5.32 Å². The second-order valence-corrected chi connectivity index (χ2v) is 3.46. The quantitative estimate of drug-likeness (QED) is 0.501. The van der Waals surface area contributed by atoms with Gasteiger partial charge in [0.2, 0.25) is 0 Å². The average molecular weight is 218 g/mol. The first-order valence-corrected chi connectivity index (χ1v) is 4.33. The highest BCUT2D eigenvalue weighted by Gasteiger charge is 2.05. The summed E-state index contributed by atoms with van der Waals surface area (Å²) in [6.45, 7) is 1.84. The minimum atomic E-state index is -0.146. The van der Waals surface area contributed by atoms with E-state index in [1.54, 1.807) is 12.1 Å². The zero-order chi connectivity index (χ0) is 10.0. The number of benzene rings is 1. The summed E-state index contributed by atoms with van der Waals surface area (Å²) in [6.07, 6.45) is 0. The molecule has 1 rings (SSSR count). The highest BCUT2D eigenvalue weighted by molar-refractivity contribution is 6.37. The molecule has 5 heteroatoms. The first kappa shape index (κ1) is 10.2. The van der Waals surface area contributed by atoms with E-state index in [1.807, 2.05) is 6.92 Å².